The second-order valence-corrected chi connectivity index (χ2v) is 5.30. The molecule has 0 amide bonds. The Bertz CT molecular complexity index is 661. The van der Waals surface area contributed by atoms with Gasteiger partial charge in [0.05, 0.1) is 0 Å². The number of alkyl halides is 4. The molecule has 1 atom stereocenters. The lowest BCUT2D eigenvalue weighted by molar-refractivity contribution is -0.140. The molecule has 0 aliphatic carbocycles. The first-order chi connectivity index (χ1) is 9.40. The van der Waals surface area contributed by atoms with E-state index >= 15 is 0 Å². The highest BCUT2D eigenvalue weighted by Gasteiger charge is 2.36. The second-order valence-electron chi connectivity index (χ2n) is 5.03. The van der Waals surface area contributed by atoms with E-state index in [2.05, 4.69) is 4.98 Å². The van der Waals surface area contributed by atoms with Crippen molar-refractivity contribution in [3.8, 4) is 11.4 Å². The number of halogens is 4. The molecule has 0 saturated carbocycles. The van der Waals surface area contributed by atoms with Crippen LogP contribution in [0.5, 0.6) is 0 Å². The average molecular weight is 301 g/mol. The van der Waals surface area contributed by atoms with Crippen molar-refractivity contribution in [2.45, 2.75) is 31.4 Å². The first-order valence-electron chi connectivity index (χ1n) is 6.24. The molecule has 3 rings (SSSR count). The molecule has 0 N–H and O–H groups in total. The fourth-order valence-corrected chi connectivity index (χ4v) is 2.77. The molecular weight excluding hydrogens is 289 g/mol. The minimum Gasteiger partial charge on any atom is -0.327 e. The van der Waals surface area contributed by atoms with E-state index in [-0.39, 0.29) is 6.04 Å². The number of benzene rings is 1. The van der Waals surface area contributed by atoms with Crippen molar-refractivity contribution < 1.29 is 13.2 Å². The molecule has 1 aromatic heterocycles. The van der Waals surface area contributed by atoms with Gasteiger partial charge in [0.2, 0.25) is 0 Å². The number of rotatable bonds is 1. The van der Waals surface area contributed by atoms with Gasteiger partial charge in [0, 0.05) is 23.7 Å². The van der Waals surface area contributed by atoms with Crippen LogP contribution in [-0.4, -0.2) is 9.55 Å². The first-order valence-corrected chi connectivity index (χ1v) is 6.78. The molecule has 1 aliphatic heterocycles. The Kier molecular flexibility index (Phi) is 3.05. The molecule has 6 heteroatoms. The smallest absolute Gasteiger partial charge is 0.327 e. The second kappa shape index (κ2) is 4.52. The summed E-state index contributed by atoms with van der Waals surface area (Å²) in [6.45, 7) is 1.89. The van der Waals surface area contributed by atoms with Crippen LogP contribution in [0.1, 0.15) is 29.8 Å². The van der Waals surface area contributed by atoms with Gasteiger partial charge in [0.1, 0.15) is 5.82 Å². The van der Waals surface area contributed by atoms with Crippen molar-refractivity contribution in [1.82, 2.24) is 9.55 Å². The lowest BCUT2D eigenvalue weighted by Gasteiger charge is -2.24. The molecule has 2 nitrogen and oxygen atoms in total. The molecule has 106 valence electrons. The fraction of sp³-hybridized carbons (Fsp3) is 0.357. The molecule has 20 heavy (non-hydrogen) atoms. The minimum absolute atomic E-state index is 0.0494. The summed E-state index contributed by atoms with van der Waals surface area (Å²) in [6, 6.07) is 5.53. The third kappa shape index (κ3) is 2.10. The van der Waals surface area contributed by atoms with Gasteiger partial charge in [0.25, 0.3) is 0 Å². The van der Waals surface area contributed by atoms with Crippen LogP contribution < -0.4 is 0 Å². The highest BCUT2D eigenvalue weighted by atomic mass is 35.5. The van der Waals surface area contributed by atoms with Gasteiger partial charge in [-0.3, -0.25) is 0 Å². The summed E-state index contributed by atoms with van der Waals surface area (Å²) in [5, 5.41) is 0. The maximum atomic E-state index is 12.8. The van der Waals surface area contributed by atoms with E-state index < -0.39 is 11.9 Å². The van der Waals surface area contributed by atoms with Crippen molar-refractivity contribution in [3.63, 3.8) is 0 Å². The molecule has 1 unspecified atom stereocenters. The molecule has 0 fully saturated rings. The van der Waals surface area contributed by atoms with Crippen molar-refractivity contribution in [2.24, 2.45) is 0 Å². The Balaban J connectivity index is 2.16. The van der Waals surface area contributed by atoms with Crippen molar-refractivity contribution >= 4 is 11.6 Å². The highest BCUT2D eigenvalue weighted by Crippen LogP contribution is 2.38. The average Bonchev–Trinajstić information content (AvgIpc) is 2.84. The summed E-state index contributed by atoms with van der Waals surface area (Å²) in [5.41, 5.74) is 1.89. The van der Waals surface area contributed by atoms with Crippen LogP contribution in [0.15, 0.2) is 24.4 Å². The molecule has 2 aromatic rings. The SMILES string of the molecule is CC1Cc2cc(CCl)ccc2-c2nc(C(F)(F)F)cn21. The van der Waals surface area contributed by atoms with Gasteiger partial charge in [-0.05, 0) is 24.5 Å². The largest absolute Gasteiger partial charge is 0.434 e. The van der Waals surface area contributed by atoms with E-state index in [9.17, 15) is 13.2 Å². The molecule has 1 aliphatic rings. The van der Waals surface area contributed by atoms with Gasteiger partial charge in [0.15, 0.2) is 5.69 Å². The number of hydrogen-bond donors (Lipinski definition) is 0. The normalized spacial score (nSPS) is 17.8. The van der Waals surface area contributed by atoms with E-state index in [1.807, 2.05) is 19.1 Å². The van der Waals surface area contributed by atoms with Crippen LogP contribution >= 0.6 is 11.6 Å². The van der Waals surface area contributed by atoms with Gasteiger partial charge < -0.3 is 4.57 Å². The van der Waals surface area contributed by atoms with Gasteiger partial charge in [-0.15, -0.1) is 11.6 Å². The Morgan fingerprint density at radius 2 is 2.15 bits per heavy atom. The van der Waals surface area contributed by atoms with E-state index in [1.54, 1.807) is 10.6 Å². The summed E-state index contributed by atoms with van der Waals surface area (Å²) < 4.78 is 40.0. The van der Waals surface area contributed by atoms with Crippen LogP contribution in [0, 0.1) is 0 Å². The Morgan fingerprint density at radius 3 is 2.80 bits per heavy atom. The summed E-state index contributed by atoms with van der Waals surface area (Å²) in [7, 11) is 0. The Labute approximate surface area is 119 Å². The molecule has 0 bridgehead atoms. The topological polar surface area (TPSA) is 17.8 Å². The Hall–Kier alpha value is -1.49. The Morgan fingerprint density at radius 1 is 1.40 bits per heavy atom. The summed E-state index contributed by atoms with van der Waals surface area (Å²) in [6.07, 6.45) is -2.64. The number of imidazole rings is 1. The lowest BCUT2D eigenvalue weighted by atomic mass is 9.95. The van der Waals surface area contributed by atoms with Gasteiger partial charge >= 0.3 is 6.18 Å². The van der Waals surface area contributed by atoms with Gasteiger partial charge in [-0.25, -0.2) is 4.98 Å². The van der Waals surface area contributed by atoms with Crippen LogP contribution in [0.3, 0.4) is 0 Å². The minimum atomic E-state index is -4.42. The quantitative estimate of drug-likeness (QED) is 0.713. The highest BCUT2D eigenvalue weighted by molar-refractivity contribution is 6.17. The molecule has 1 aromatic carbocycles. The summed E-state index contributed by atoms with van der Waals surface area (Å²) in [5.74, 6) is 0.774. The van der Waals surface area contributed by atoms with Crippen molar-refractivity contribution in [1.29, 1.82) is 0 Å². The monoisotopic (exact) mass is 300 g/mol. The first kappa shape index (κ1) is 13.5. The molecule has 2 heterocycles. The van der Waals surface area contributed by atoms with Crippen LogP contribution in [0.2, 0.25) is 0 Å². The van der Waals surface area contributed by atoms with Crippen LogP contribution in [0.4, 0.5) is 13.2 Å². The number of nitrogens with zero attached hydrogens (tertiary/aromatic N) is 2. The maximum Gasteiger partial charge on any atom is 0.434 e. The standard InChI is InChI=1S/C14H12ClF3N2/c1-8-4-10-5-9(6-15)2-3-11(10)13-19-12(7-20(8)13)14(16,17)18/h2-3,5,7-8H,4,6H2,1H3. The molecular formula is C14H12ClF3N2. The third-order valence-electron chi connectivity index (χ3n) is 3.58. The van der Waals surface area contributed by atoms with Crippen molar-refractivity contribution in [3.05, 3.63) is 41.2 Å². The molecule has 0 spiro atoms. The zero-order valence-corrected chi connectivity index (χ0v) is 11.5. The predicted molar refractivity (Wildman–Crippen MR) is 70.6 cm³/mol. The predicted octanol–water partition coefficient (Wildman–Crippen LogP) is 4.42. The molecule has 0 saturated heterocycles. The van der Waals surface area contributed by atoms with E-state index in [4.69, 9.17) is 11.6 Å². The number of fused-ring (bicyclic) bond motifs is 3. The van der Waals surface area contributed by atoms with E-state index in [1.165, 1.54) is 0 Å². The summed E-state index contributed by atoms with van der Waals surface area (Å²) >= 11 is 5.80. The molecule has 0 radical (unpaired) electrons. The van der Waals surface area contributed by atoms with Crippen molar-refractivity contribution in [2.75, 3.05) is 0 Å². The van der Waals surface area contributed by atoms with Gasteiger partial charge in [-0.2, -0.15) is 13.2 Å². The fourth-order valence-electron chi connectivity index (χ4n) is 2.60. The van der Waals surface area contributed by atoms with Crippen LogP contribution in [-0.2, 0) is 18.5 Å². The number of aromatic nitrogens is 2. The third-order valence-corrected chi connectivity index (χ3v) is 3.89. The maximum absolute atomic E-state index is 12.8. The summed E-state index contributed by atoms with van der Waals surface area (Å²) in [4.78, 5) is 3.77. The zero-order chi connectivity index (χ0) is 14.5. The lowest BCUT2D eigenvalue weighted by Crippen LogP contribution is -2.15. The van der Waals surface area contributed by atoms with E-state index in [0.717, 1.165) is 22.9 Å². The van der Waals surface area contributed by atoms with Gasteiger partial charge in [-0.1, -0.05) is 18.2 Å². The number of hydrogen-bond acceptors (Lipinski definition) is 1. The zero-order valence-electron chi connectivity index (χ0n) is 10.7. The van der Waals surface area contributed by atoms with Crippen LogP contribution in [0.25, 0.3) is 11.4 Å². The van der Waals surface area contributed by atoms with E-state index in [0.29, 0.717) is 18.1 Å².